The third-order valence-corrected chi connectivity index (χ3v) is 4.72. The Kier molecular flexibility index (Phi) is 3.38. The smallest absolute Gasteiger partial charge is 0.264 e. The van der Waals surface area contributed by atoms with Gasteiger partial charge in [0, 0.05) is 7.05 Å². The zero-order chi connectivity index (χ0) is 13.2. The first kappa shape index (κ1) is 12.4. The van der Waals surface area contributed by atoms with E-state index in [9.17, 15) is 4.79 Å². The molecular formula is C16H17NOS. The van der Waals surface area contributed by atoms with E-state index in [0.29, 0.717) is 0 Å². The van der Waals surface area contributed by atoms with Crippen LogP contribution < -0.4 is 0 Å². The second-order valence-electron chi connectivity index (χ2n) is 5.00. The molecule has 0 fully saturated rings. The van der Waals surface area contributed by atoms with Crippen molar-refractivity contribution in [2.75, 3.05) is 7.05 Å². The first-order valence-electron chi connectivity index (χ1n) is 6.66. The van der Waals surface area contributed by atoms with Crippen LogP contribution in [0.2, 0.25) is 0 Å². The molecule has 2 nitrogen and oxygen atoms in total. The highest BCUT2D eigenvalue weighted by Crippen LogP contribution is 2.34. The lowest BCUT2D eigenvalue weighted by Crippen LogP contribution is -2.32. The number of hydrogen-bond acceptors (Lipinski definition) is 2. The lowest BCUT2D eigenvalue weighted by molar-refractivity contribution is 0.0720. The minimum atomic E-state index is 0.136. The predicted octanol–water partition coefficient (Wildman–Crippen LogP) is 3.90. The summed E-state index contributed by atoms with van der Waals surface area (Å²) >= 11 is 1.51. The van der Waals surface area contributed by atoms with Crippen LogP contribution in [0.15, 0.2) is 41.8 Å². The highest BCUT2D eigenvalue weighted by molar-refractivity contribution is 7.12. The fraction of sp³-hybridized carbons (Fsp3) is 0.312. The van der Waals surface area contributed by atoms with E-state index in [4.69, 9.17) is 0 Å². The highest BCUT2D eigenvalue weighted by atomic mass is 32.1. The molecule has 0 spiro atoms. The Morgan fingerprint density at radius 2 is 2.11 bits per heavy atom. The largest absolute Gasteiger partial charge is 0.334 e. The summed E-state index contributed by atoms with van der Waals surface area (Å²) in [6.45, 7) is 0. The van der Waals surface area contributed by atoms with E-state index in [1.165, 1.54) is 22.5 Å². The quantitative estimate of drug-likeness (QED) is 0.811. The van der Waals surface area contributed by atoms with Gasteiger partial charge in [0.05, 0.1) is 10.9 Å². The van der Waals surface area contributed by atoms with Gasteiger partial charge in [-0.3, -0.25) is 4.79 Å². The molecule has 1 atom stereocenters. The van der Waals surface area contributed by atoms with E-state index in [1.807, 2.05) is 29.5 Å². The summed E-state index contributed by atoms with van der Waals surface area (Å²) in [4.78, 5) is 15.2. The summed E-state index contributed by atoms with van der Waals surface area (Å²) in [5, 5.41) is 1.95. The molecular weight excluding hydrogens is 254 g/mol. The Labute approximate surface area is 117 Å². The summed E-state index contributed by atoms with van der Waals surface area (Å²) < 4.78 is 0. The number of amides is 1. The number of thiophene rings is 1. The van der Waals surface area contributed by atoms with E-state index in [1.54, 1.807) is 0 Å². The van der Waals surface area contributed by atoms with Gasteiger partial charge in [-0.05, 0) is 41.8 Å². The molecule has 19 heavy (non-hydrogen) atoms. The van der Waals surface area contributed by atoms with E-state index in [2.05, 4.69) is 24.3 Å². The van der Waals surface area contributed by atoms with Gasteiger partial charge < -0.3 is 4.90 Å². The standard InChI is InChI=1S/C16H17NOS/c1-17(16(18)15-10-5-11-19-15)14-9-4-7-12-6-2-3-8-13(12)14/h2-3,5-6,8,10-11,14H,4,7,9H2,1H3. The van der Waals surface area contributed by atoms with Crippen LogP contribution >= 0.6 is 11.3 Å². The van der Waals surface area contributed by atoms with Gasteiger partial charge in [-0.2, -0.15) is 0 Å². The third kappa shape index (κ3) is 2.30. The molecule has 1 aromatic carbocycles. The van der Waals surface area contributed by atoms with Crippen molar-refractivity contribution in [1.29, 1.82) is 0 Å². The molecule has 3 rings (SSSR count). The topological polar surface area (TPSA) is 20.3 Å². The number of fused-ring (bicyclic) bond motifs is 1. The van der Waals surface area contributed by atoms with E-state index in [-0.39, 0.29) is 11.9 Å². The van der Waals surface area contributed by atoms with Crippen molar-refractivity contribution in [1.82, 2.24) is 4.90 Å². The van der Waals surface area contributed by atoms with Crippen molar-refractivity contribution in [2.45, 2.75) is 25.3 Å². The molecule has 1 aliphatic carbocycles. The number of nitrogens with zero attached hydrogens (tertiary/aromatic N) is 1. The fourth-order valence-electron chi connectivity index (χ4n) is 2.85. The van der Waals surface area contributed by atoms with Gasteiger partial charge in [-0.25, -0.2) is 0 Å². The minimum absolute atomic E-state index is 0.136. The molecule has 1 unspecified atom stereocenters. The normalized spacial score (nSPS) is 17.8. The maximum Gasteiger partial charge on any atom is 0.264 e. The van der Waals surface area contributed by atoms with Gasteiger partial charge in [-0.15, -0.1) is 11.3 Å². The second kappa shape index (κ2) is 5.17. The van der Waals surface area contributed by atoms with Crippen molar-refractivity contribution in [3.63, 3.8) is 0 Å². The molecule has 0 saturated carbocycles. The Bertz CT molecular complexity index is 576. The maximum absolute atomic E-state index is 12.5. The minimum Gasteiger partial charge on any atom is -0.334 e. The second-order valence-corrected chi connectivity index (χ2v) is 5.95. The molecule has 0 N–H and O–H groups in total. The van der Waals surface area contributed by atoms with Crippen LogP contribution in [0.25, 0.3) is 0 Å². The number of carbonyl (C=O) groups is 1. The molecule has 0 saturated heterocycles. The summed E-state index contributed by atoms with van der Waals surface area (Å²) in [6, 6.07) is 12.6. The molecule has 98 valence electrons. The van der Waals surface area contributed by atoms with Crippen LogP contribution in [0.5, 0.6) is 0 Å². The zero-order valence-electron chi connectivity index (χ0n) is 11.0. The first-order chi connectivity index (χ1) is 9.27. The molecule has 2 aromatic rings. The van der Waals surface area contributed by atoms with Crippen LogP contribution in [0.4, 0.5) is 0 Å². The monoisotopic (exact) mass is 271 g/mol. The third-order valence-electron chi connectivity index (χ3n) is 3.86. The number of benzene rings is 1. The van der Waals surface area contributed by atoms with E-state index < -0.39 is 0 Å². The van der Waals surface area contributed by atoms with Crippen molar-refractivity contribution >= 4 is 17.2 Å². The number of rotatable bonds is 2. The summed E-state index contributed by atoms with van der Waals surface area (Å²) in [5.41, 5.74) is 2.71. The summed E-state index contributed by atoms with van der Waals surface area (Å²) in [6.07, 6.45) is 3.35. The lowest BCUT2D eigenvalue weighted by atomic mass is 9.87. The van der Waals surface area contributed by atoms with Crippen molar-refractivity contribution in [3.05, 3.63) is 57.8 Å². The zero-order valence-corrected chi connectivity index (χ0v) is 11.8. The van der Waals surface area contributed by atoms with Crippen molar-refractivity contribution in [2.24, 2.45) is 0 Å². The van der Waals surface area contributed by atoms with Crippen LogP contribution in [0, 0.1) is 0 Å². The Hall–Kier alpha value is -1.61. The Balaban J connectivity index is 1.89. The van der Waals surface area contributed by atoms with Crippen LogP contribution in [-0.4, -0.2) is 17.9 Å². The first-order valence-corrected chi connectivity index (χ1v) is 7.54. The molecule has 0 radical (unpaired) electrons. The van der Waals surface area contributed by atoms with Gasteiger partial charge in [-0.1, -0.05) is 30.3 Å². The van der Waals surface area contributed by atoms with Crippen molar-refractivity contribution < 1.29 is 4.79 Å². The molecule has 3 heteroatoms. The number of aryl methyl sites for hydroxylation is 1. The maximum atomic E-state index is 12.5. The number of carbonyl (C=O) groups excluding carboxylic acids is 1. The molecule has 1 aromatic heterocycles. The number of hydrogen-bond donors (Lipinski definition) is 0. The fourth-order valence-corrected chi connectivity index (χ4v) is 3.55. The molecule has 1 aliphatic rings. The van der Waals surface area contributed by atoms with Crippen LogP contribution in [-0.2, 0) is 6.42 Å². The van der Waals surface area contributed by atoms with Gasteiger partial charge >= 0.3 is 0 Å². The average Bonchev–Trinajstić information content (AvgIpc) is 2.99. The predicted molar refractivity (Wildman–Crippen MR) is 78.5 cm³/mol. The summed E-state index contributed by atoms with van der Waals surface area (Å²) in [5.74, 6) is 0.136. The van der Waals surface area contributed by atoms with E-state index in [0.717, 1.165) is 24.1 Å². The SMILES string of the molecule is CN(C(=O)c1cccs1)C1CCCc2ccccc21. The Morgan fingerprint density at radius 3 is 2.89 bits per heavy atom. The van der Waals surface area contributed by atoms with Gasteiger partial charge in [0.15, 0.2) is 0 Å². The van der Waals surface area contributed by atoms with Crippen LogP contribution in [0.1, 0.15) is 39.7 Å². The Morgan fingerprint density at radius 1 is 1.26 bits per heavy atom. The lowest BCUT2D eigenvalue weighted by Gasteiger charge is -2.33. The van der Waals surface area contributed by atoms with E-state index >= 15 is 0 Å². The molecule has 1 amide bonds. The van der Waals surface area contributed by atoms with Gasteiger partial charge in [0.1, 0.15) is 0 Å². The van der Waals surface area contributed by atoms with Gasteiger partial charge in [0.2, 0.25) is 0 Å². The molecule has 0 aliphatic heterocycles. The molecule has 0 bridgehead atoms. The van der Waals surface area contributed by atoms with Gasteiger partial charge in [0.25, 0.3) is 5.91 Å². The average molecular weight is 271 g/mol. The highest BCUT2D eigenvalue weighted by Gasteiger charge is 2.27. The molecule has 1 heterocycles. The van der Waals surface area contributed by atoms with Crippen LogP contribution in [0.3, 0.4) is 0 Å². The van der Waals surface area contributed by atoms with Crippen molar-refractivity contribution in [3.8, 4) is 0 Å². The summed E-state index contributed by atoms with van der Waals surface area (Å²) in [7, 11) is 1.93.